The van der Waals surface area contributed by atoms with Gasteiger partial charge in [-0.15, -0.1) is 0 Å². The van der Waals surface area contributed by atoms with Gasteiger partial charge in [-0.3, -0.25) is 10.2 Å². The van der Waals surface area contributed by atoms with E-state index in [4.69, 9.17) is 11.6 Å². The van der Waals surface area contributed by atoms with Crippen LogP contribution in [0, 0.1) is 0 Å². The molecule has 0 aliphatic heterocycles. The lowest BCUT2D eigenvalue weighted by molar-refractivity contribution is 0.0857. The summed E-state index contributed by atoms with van der Waals surface area (Å²) in [6.07, 6.45) is 0. The van der Waals surface area contributed by atoms with E-state index in [9.17, 15) is 4.79 Å². The van der Waals surface area contributed by atoms with Crippen LogP contribution in [-0.2, 0) is 0 Å². The molecule has 0 bridgehead atoms. The molecule has 0 fully saturated rings. The first-order chi connectivity index (χ1) is 6.09. The highest BCUT2D eigenvalue weighted by Crippen LogP contribution is 2.09. The Morgan fingerprint density at radius 3 is 2.31 bits per heavy atom. The molecule has 0 atom stereocenters. The highest BCUT2D eigenvalue weighted by atomic mass is 35.5. The molecule has 70 valence electrons. The van der Waals surface area contributed by atoms with Crippen molar-refractivity contribution in [1.29, 1.82) is 0 Å². The van der Waals surface area contributed by atoms with E-state index in [1.807, 2.05) is 0 Å². The minimum absolute atomic E-state index is 0.137. The summed E-state index contributed by atoms with van der Waals surface area (Å²) in [6, 6.07) is 6.74. The Bertz CT molecular complexity index is 295. The van der Waals surface area contributed by atoms with Gasteiger partial charge in [-0.05, 0) is 24.3 Å². The summed E-state index contributed by atoms with van der Waals surface area (Å²) in [5.41, 5.74) is 3.23. The van der Waals surface area contributed by atoms with Crippen molar-refractivity contribution >= 4 is 17.5 Å². The third-order valence-electron chi connectivity index (χ3n) is 1.43. The van der Waals surface area contributed by atoms with E-state index in [1.54, 1.807) is 43.4 Å². The molecule has 13 heavy (non-hydrogen) atoms. The Kier molecular flexibility index (Phi) is 3.28. The van der Waals surface area contributed by atoms with Crippen molar-refractivity contribution in [2.75, 3.05) is 14.1 Å². The Hall–Kier alpha value is -1.06. The van der Waals surface area contributed by atoms with Crippen LogP contribution in [0.1, 0.15) is 10.4 Å². The van der Waals surface area contributed by atoms with Crippen molar-refractivity contribution in [2.45, 2.75) is 0 Å². The number of carbonyl (C=O) groups excluding carboxylic acids is 1. The maximum atomic E-state index is 11.4. The second-order valence-corrected chi connectivity index (χ2v) is 3.28. The van der Waals surface area contributed by atoms with Crippen LogP contribution in [0.3, 0.4) is 0 Å². The number of hydrazine groups is 1. The number of benzene rings is 1. The van der Waals surface area contributed by atoms with E-state index in [0.717, 1.165) is 0 Å². The Balaban J connectivity index is 2.72. The molecule has 0 radical (unpaired) electrons. The predicted octanol–water partition coefficient (Wildman–Crippen LogP) is 1.55. The smallest absolute Gasteiger partial charge is 0.265 e. The fourth-order valence-corrected chi connectivity index (χ4v) is 0.995. The second-order valence-electron chi connectivity index (χ2n) is 2.84. The van der Waals surface area contributed by atoms with Crippen molar-refractivity contribution in [2.24, 2.45) is 0 Å². The van der Waals surface area contributed by atoms with Crippen LogP contribution in [0.25, 0.3) is 0 Å². The van der Waals surface area contributed by atoms with E-state index >= 15 is 0 Å². The van der Waals surface area contributed by atoms with E-state index in [1.165, 1.54) is 0 Å². The highest BCUT2D eigenvalue weighted by molar-refractivity contribution is 6.30. The first-order valence-electron chi connectivity index (χ1n) is 3.83. The third-order valence-corrected chi connectivity index (χ3v) is 1.68. The average Bonchev–Trinajstić information content (AvgIpc) is 2.04. The van der Waals surface area contributed by atoms with Crippen molar-refractivity contribution in [3.05, 3.63) is 34.9 Å². The van der Waals surface area contributed by atoms with Crippen LogP contribution >= 0.6 is 11.6 Å². The van der Waals surface area contributed by atoms with E-state index in [2.05, 4.69) is 5.43 Å². The van der Waals surface area contributed by atoms with Gasteiger partial charge in [-0.1, -0.05) is 11.6 Å². The molecule has 1 rings (SSSR count). The summed E-state index contributed by atoms with van der Waals surface area (Å²) in [5, 5.41) is 2.22. The maximum Gasteiger partial charge on any atom is 0.265 e. The largest absolute Gasteiger partial charge is 0.285 e. The van der Waals surface area contributed by atoms with Gasteiger partial charge in [0.1, 0.15) is 0 Å². The lowest BCUT2D eigenvalue weighted by Gasteiger charge is -2.11. The molecule has 0 aliphatic carbocycles. The number of hydrogen-bond acceptors (Lipinski definition) is 2. The first kappa shape index (κ1) is 10.0. The molecule has 1 N–H and O–H groups in total. The zero-order chi connectivity index (χ0) is 9.84. The predicted molar refractivity (Wildman–Crippen MR) is 52.6 cm³/mol. The van der Waals surface area contributed by atoms with Gasteiger partial charge >= 0.3 is 0 Å². The average molecular weight is 199 g/mol. The van der Waals surface area contributed by atoms with Gasteiger partial charge in [0.05, 0.1) is 0 Å². The number of nitrogens with zero attached hydrogens (tertiary/aromatic N) is 1. The van der Waals surface area contributed by atoms with Crippen LogP contribution in [0.15, 0.2) is 24.3 Å². The summed E-state index contributed by atoms with van der Waals surface area (Å²) in [4.78, 5) is 11.4. The quantitative estimate of drug-likeness (QED) is 0.732. The molecule has 0 saturated heterocycles. The van der Waals surface area contributed by atoms with Crippen LogP contribution in [0.2, 0.25) is 5.02 Å². The number of rotatable bonds is 2. The molecule has 1 aromatic carbocycles. The monoisotopic (exact) mass is 198 g/mol. The Morgan fingerprint density at radius 2 is 1.85 bits per heavy atom. The Labute approximate surface area is 82.3 Å². The van der Waals surface area contributed by atoms with Crippen molar-refractivity contribution in [1.82, 2.24) is 10.4 Å². The molecule has 1 aromatic rings. The van der Waals surface area contributed by atoms with E-state index < -0.39 is 0 Å². The second kappa shape index (κ2) is 4.25. The van der Waals surface area contributed by atoms with Gasteiger partial charge in [-0.2, -0.15) is 0 Å². The summed E-state index contributed by atoms with van der Waals surface area (Å²) in [7, 11) is 3.52. The number of carbonyl (C=O) groups is 1. The third kappa shape index (κ3) is 3.05. The lowest BCUT2D eigenvalue weighted by atomic mass is 10.2. The molecule has 0 aliphatic rings. The van der Waals surface area contributed by atoms with Gasteiger partial charge in [-0.25, -0.2) is 5.01 Å². The molecule has 0 heterocycles. The highest BCUT2D eigenvalue weighted by Gasteiger charge is 2.04. The molecule has 1 amide bonds. The molecule has 0 aromatic heterocycles. The first-order valence-corrected chi connectivity index (χ1v) is 4.21. The summed E-state index contributed by atoms with van der Waals surface area (Å²) >= 11 is 5.68. The fraction of sp³-hybridized carbons (Fsp3) is 0.222. The van der Waals surface area contributed by atoms with Gasteiger partial charge < -0.3 is 0 Å². The SMILES string of the molecule is CN(C)NC(=O)c1ccc(Cl)cc1. The summed E-state index contributed by atoms with van der Waals surface area (Å²) < 4.78 is 0. The standard InChI is InChI=1S/C9H11ClN2O/c1-12(2)11-9(13)7-3-5-8(10)6-4-7/h3-6H,1-2H3,(H,11,13). The number of amides is 1. The zero-order valence-corrected chi connectivity index (χ0v) is 8.30. The van der Waals surface area contributed by atoms with Gasteiger partial charge in [0.25, 0.3) is 5.91 Å². The minimum atomic E-state index is -0.137. The van der Waals surface area contributed by atoms with Gasteiger partial charge in [0, 0.05) is 24.7 Å². The normalized spacial score (nSPS) is 10.2. The number of nitrogens with one attached hydrogen (secondary N) is 1. The number of halogens is 1. The lowest BCUT2D eigenvalue weighted by Crippen LogP contribution is -2.36. The van der Waals surface area contributed by atoms with Crippen molar-refractivity contribution < 1.29 is 4.79 Å². The maximum absolute atomic E-state index is 11.4. The molecule has 3 nitrogen and oxygen atoms in total. The molecule has 0 saturated carbocycles. The minimum Gasteiger partial charge on any atom is -0.285 e. The van der Waals surface area contributed by atoms with Gasteiger partial charge in [0.15, 0.2) is 0 Å². The van der Waals surface area contributed by atoms with E-state index in [0.29, 0.717) is 10.6 Å². The molecular weight excluding hydrogens is 188 g/mol. The van der Waals surface area contributed by atoms with Crippen molar-refractivity contribution in [3.63, 3.8) is 0 Å². The zero-order valence-electron chi connectivity index (χ0n) is 7.54. The number of hydrogen-bond donors (Lipinski definition) is 1. The van der Waals surface area contributed by atoms with Crippen LogP contribution in [-0.4, -0.2) is 25.0 Å². The molecular formula is C9H11ClN2O. The Morgan fingerprint density at radius 1 is 1.31 bits per heavy atom. The van der Waals surface area contributed by atoms with E-state index in [-0.39, 0.29) is 5.91 Å². The molecule has 4 heteroatoms. The van der Waals surface area contributed by atoms with Crippen molar-refractivity contribution in [3.8, 4) is 0 Å². The fourth-order valence-electron chi connectivity index (χ4n) is 0.869. The van der Waals surface area contributed by atoms with Crippen LogP contribution in [0.5, 0.6) is 0 Å². The topological polar surface area (TPSA) is 32.3 Å². The van der Waals surface area contributed by atoms with Gasteiger partial charge in [0.2, 0.25) is 0 Å². The summed E-state index contributed by atoms with van der Waals surface area (Å²) in [5.74, 6) is -0.137. The van der Waals surface area contributed by atoms with Crippen LogP contribution in [0.4, 0.5) is 0 Å². The molecule has 0 spiro atoms. The summed E-state index contributed by atoms with van der Waals surface area (Å²) in [6.45, 7) is 0. The van der Waals surface area contributed by atoms with Crippen LogP contribution < -0.4 is 5.43 Å². The molecule has 0 unspecified atom stereocenters.